The monoisotopic (exact) mass is 924 g/mol. The number of rotatable bonds is 9. The Bertz CT molecular complexity index is 3060. The standard InChI is InChI=1S/C25H17F5O2S.C23H13F5O2S/c1-2-32-24(31)16-10-15(11-18(26)12-16)20-6-7-22(27)21-13-19(33-23(20)21)9-14-4-3-5-17(8-14)25(28,29)30;24-16-9-13(8-14(10-16)22(29)30)18-4-5-20(25)19-11-17(31-21(18)19)7-12-2-1-3-15(6-12)23(26,27)28/h3-8,10-13H,2,9H2,1H3;1-6,8-11H,7H2,(H,29,30). The summed E-state index contributed by atoms with van der Waals surface area (Å²) in [5.41, 5.74) is 0.730. The molecule has 0 fully saturated rings. The lowest BCUT2D eigenvalue weighted by Crippen LogP contribution is -2.05. The van der Waals surface area contributed by atoms with E-state index in [1.54, 1.807) is 31.2 Å². The number of carbonyl (C=O) groups excluding carboxylic acids is 1. The molecule has 0 aliphatic heterocycles. The average Bonchev–Trinajstić information content (AvgIpc) is 3.86. The van der Waals surface area contributed by atoms with Gasteiger partial charge in [-0.3, -0.25) is 0 Å². The van der Waals surface area contributed by atoms with Crippen LogP contribution >= 0.6 is 22.7 Å². The summed E-state index contributed by atoms with van der Waals surface area (Å²) in [7, 11) is 0. The van der Waals surface area contributed by atoms with Gasteiger partial charge in [0.1, 0.15) is 23.3 Å². The summed E-state index contributed by atoms with van der Waals surface area (Å²) in [6.45, 7) is 1.77. The number of fused-ring (bicyclic) bond motifs is 2. The van der Waals surface area contributed by atoms with Gasteiger partial charge in [0.05, 0.1) is 28.9 Å². The first-order valence-electron chi connectivity index (χ1n) is 19.0. The summed E-state index contributed by atoms with van der Waals surface area (Å²) < 4.78 is 141. The molecule has 0 saturated heterocycles. The highest BCUT2D eigenvalue weighted by atomic mass is 32.1. The molecule has 0 atom stereocenters. The van der Waals surface area contributed by atoms with Crippen molar-refractivity contribution in [1.29, 1.82) is 0 Å². The van der Waals surface area contributed by atoms with Gasteiger partial charge in [-0.2, -0.15) is 26.3 Å². The number of benzene rings is 6. The molecule has 16 heteroatoms. The number of carboxylic acids is 1. The molecule has 0 aliphatic rings. The molecule has 2 aromatic heterocycles. The van der Waals surface area contributed by atoms with Crippen LogP contribution in [0.25, 0.3) is 42.4 Å². The van der Waals surface area contributed by atoms with Gasteiger partial charge in [-0.15, -0.1) is 22.7 Å². The molecule has 64 heavy (non-hydrogen) atoms. The van der Waals surface area contributed by atoms with E-state index in [-0.39, 0.29) is 46.9 Å². The molecule has 0 bridgehead atoms. The summed E-state index contributed by atoms with van der Waals surface area (Å²) in [5, 5.41) is 9.70. The zero-order valence-corrected chi connectivity index (χ0v) is 34.6. The van der Waals surface area contributed by atoms with Gasteiger partial charge >= 0.3 is 24.3 Å². The van der Waals surface area contributed by atoms with Crippen molar-refractivity contribution in [3.05, 3.63) is 188 Å². The number of hydrogen-bond acceptors (Lipinski definition) is 5. The highest BCUT2D eigenvalue weighted by Gasteiger charge is 2.31. The summed E-state index contributed by atoms with van der Waals surface area (Å²) in [6.07, 6.45) is -8.58. The van der Waals surface area contributed by atoms with E-state index in [1.165, 1.54) is 77.3 Å². The van der Waals surface area contributed by atoms with Gasteiger partial charge in [-0.25, -0.2) is 27.2 Å². The number of thiophene rings is 2. The molecule has 0 radical (unpaired) electrons. The fraction of sp³-hybridized carbons (Fsp3) is 0.125. The zero-order valence-electron chi connectivity index (χ0n) is 32.9. The van der Waals surface area contributed by atoms with E-state index < -0.39 is 58.7 Å². The maximum atomic E-state index is 14.6. The third kappa shape index (κ3) is 10.3. The quantitative estimate of drug-likeness (QED) is 0.116. The second kappa shape index (κ2) is 18.3. The lowest BCUT2D eigenvalue weighted by atomic mass is 10.0. The van der Waals surface area contributed by atoms with Crippen molar-refractivity contribution < 1.29 is 63.3 Å². The number of esters is 1. The van der Waals surface area contributed by atoms with E-state index in [0.29, 0.717) is 47.0 Å². The van der Waals surface area contributed by atoms with Crippen LogP contribution in [0.2, 0.25) is 0 Å². The van der Waals surface area contributed by atoms with E-state index >= 15 is 0 Å². The van der Waals surface area contributed by atoms with Crippen LogP contribution in [-0.2, 0) is 29.9 Å². The fourth-order valence-electron chi connectivity index (χ4n) is 6.98. The molecule has 0 unspecified atom stereocenters. The van der Waals surface area contributed by atoms with Crippen molar-refractivity contribution in [2.24, 2.45) is 0 Å². The number of carboxylic acid groups (broad SMARTS) is 1. The van der Waals surface area contributed by atoms with Gasteiger partial charge in [0.2, 0.25) is 0 Å². The number of alkyl halides is 6. The van der Waals surface area contributed by atoms with Crippen molar-refractivity contribution in [1.82, 2.24) is 0 Å². The van der Waals surface area contributed by atoms with Crippen molar-refractivity contribution in [3.8, 4) is 22.3 Å². The molecule has 8 rings (SSSR count). The van der Waals surface area contributed by atoms with Crippen LogP contribution in [0, 0.1) is 23.3 Å². The first-order chi connectivity index (χ1) is 30.3. The molecule has 0 saturated carbocycles. The Morgan fingerprint density at radius 1 is 0.562 bits per heavy atom. The number of aromatic carboxylic acids is 1. The van der Waals surface area contributed by atoms with Crippen molar-refractivity contribution in [2.45, 2.75) is 32.1 Å². The molecular formula is C48H30F10O4S2. The molecule has 328 valence electrons. The van der Waals surface area contributed by atoms with Crippen LogP contribution < -0.4 is 0 Å². The molecule has 0 spiro atoms. The Hall–Kier alpha value is -6.52. The predicted molar refractivity (Wildman–Crippen MR) is 226 cm³/mol. The summed E-state index contributed by atoms with van der Waals surface area (Å²) in [6, 6.07) is 25.5. The lowest BCUT2D eigenvalue weighted by molar-refractivity contribution is -0.138. The highest BCUT2D eigenvalue weighted by Crippen LogP contribution is 2.40. The van der Waals surface area contributed by atoms with Crippen LogP contribution in [0.3, 0.4) is 0 Å². The molecule has 2 heterocycles. The smallest absolute Gasteiger partial charge is 0.416 e. The van der Waals surface area contributed by atoms with Crippen molar-refractivity contribution in [2.75, 3.05) is 6.61 Å². The summed E-state index contributed by atoms with van der Waals surface area (Å²) in [4.78, 5) is 24.6. The van der Waals surface area contributed by atoms with Gasteiger partial charge in [0.25, 0.3) is 0 Å². The number of hydrogen-bond donors (Lipinski definition) is 1. The van der Waals surface area contributed by atoms with Crippen molar-refractivity contribution >= 4 is 54.8 Å². The Morgan fingerprint density at radius 2 is 1.00 bits per heavy atom. The van der Waals surface area contributed by atoms with E-state index in [0.717, 1.165) is 42.5 Å². The van der Waals surface area contributed by atoms with Gasteiger partial charge in [0.15, 0.2) is 0 Å². The second-order valence-corrected chi connectivity index (χ2v) is 16.6. The summed E-state index contributed by atoms with van der Waals surface area (Å²) in [5.74, 6) is -4.38. The van der Waals surface area contributed by atoms with Gasteiger partial charge in [0, 0.05) is 42.8 Å². The normalized spacial score (nSPS) is 11.7. The van der Waals surface area contributed by atoms with E-state index in [9.17, 15) is 58.6 Å². The van der Waals surface area contributed by atoms with Crippen LogP contribution in [0.5, 0.6) is 0 Å². The van der Waals surface area contributed by atoms with Gasteiger partial charge < -0.3 is 9.84 Å². The largest absolute Gasteiger partial charge is 0.478 e. The first-order valence-corrected chi connectivity index (χ1v) is 20.7. The lowest BCUT2D eigenvalue weighted by Gasteiger charge is -2.08. The Morgan fingerprint density at radius 3 is 1.42 bits per heavy atom. The highest BCUT2D eigenvalue weighted by molar-refractivity contribution is 7.20. The van der Waals surface area contributed by atoms with E-state index in [2.05, 4.69) is 0 Å². The number of halogens is 10. The predicted octanol–water partition coefficient (Wildman–Crippen LogP) is 14.8. The summed E-state index contributed by atoms with van der Waals surface area (Å²) >= 11 is 2.38. The van der Waals surface area contributed by atoms with E-state index in [1.807, 2.05) is 0 Å². The molecule has 0 aliphatic carbocycles. The van der Waals surface area contributed by atoms with Crippen LogP contribution in [0.4, 0.5) is 43.9 Å². The Kier molecular flexibility index (Phi) is 13.0. The number of carbonyl (C=O) groups is 2. The molecule has 4 nitrogen and oxygen atoms in total. The SMILES string of the molecule is CCOC(=O)c1cc(F)cc(-c2ccc(F)c3cc(Cc4cccc(C(F)(F)F)c4)sc23)c1.O=C(O)c1cc(F)cc(-c2ccc(F)c3cc(Cc4cccc(C(F)(F)F)c4)sc23)c1. The van der Waals surface area contributed by atoms with Crippen molar-refractivity contribution in [3.63, 3.8) is 0 Å². The minimum atomic E-state index is -4.46. The third-order valence-electron chi connectivity index (χ3n) is 9.80. The van der Waals surface area contributed by atoms with Gasteiger partial charge in [-0.05, 0) is 113 Å². The molecule has 1 N–H and O–H groups in total. The molecular weight excluding hydrogens is 895 g/mol. The molecule has 8 aromatic rings. The van der Waals surface area contributed by atoms with Crippen LogP contribution in [0.1, 0.15) is 59.6 Å². The third-order valence-corrected chi connectivity index (χ3v) is 12.1. The van der Waals surface area contributed by atoms with E-state index in [4.69, 9.17) is 4.74 Å². The minimum absolute atomic E-state index is 0.0325. The first kappa shape index (κ1) is 45.5. The Balaban J connectivity index is 0.000000192. The topological polar surface area (TPSA) is 63.6 Å². The number of ether oxygens (including phenoxy) is 1. The Labute approximate surface area is 365 Å². The van der Waals surface area contributed by atoms with Gasteiger partial charge in [-0.1, -0.05) is 48.5 Å². The minimum Gasteiger partial charge on any atom is -0.478 e. The molecule has 6 aromatic carbocycles. The maximum absolute atomic E-state index is 14.6. The maximum Gasteiger partial charge on any atom is 0.416 e. The van der Waals surface area contributed by atoms with Crippen LogP contribution in [0.15, 0.2) is 121 Å². The zero-order chi connectivity index (χ0) is 46.1. The van der Waals surface area contributed by atoms with Crippen LogP contribution in [-0.4, -0.2) is 23.7 Å². The molecule has 0 amide bonds. The average molecular weight is 925 g/mol. The second-order valence-electron chi connectivity index (χ2n) is 14.3. The fourth-order valence-corrected chi connectivity index (χ4v) is 9.46.